The normalized spacial score (nSPS) is 13.0. The number of rotatable bonds is 8. The molecule has 0 aliphatic carbocycles. The van der Waals surface area contributed by atoms with Gasteiger partial charge in [0, 0.05) is 5.69 Å². The van der Waals surface area contributed by atoms with Gasteiger partial charge in [-0.2, -0.15) is 0 Å². The molecule has 4 aromatic carbocycles. The molecule has 40 heavy (non-hydrogen) atoms. The van der Waals surface area contributed by atoms with E-state index in [0.717, 1.165) is 21.6 Å². The van der Waals surface area contributed by atoms with Crippen LogP contribution in [0.2, 0.25) is 0 Å². The third-order valence-electron chi connectivity index (χ3n) is 6.16. The summed E-state index contributed by atoms with van der Waals surface area (Å²) in [5.74, 6) is -0.675. The predicted octanol–water partition coefficient (Wildman–Crippen LogP) is 6.54. The SMILES string of the molecule is Cc1cc(C)cc(N2C(=O)C(Cl)=C(Nc3ccc(C(=O)Oc4ccc(OCc5ccccc5)cc4)cc3)C2=O)c1. The Hall–Kier alpha value is -4.88. The van der Waals surface area contributed by atoms with Crippen LogP contribution in [0.5, 0.6) is 11.5 Å². The summed E-state index contributed by atoms with van der Waals surface area (Å²) in [4.78, 5) is 39.6. The number of imide groups is 1. The maximum atomic E-state index is 13.1. The molecular formula is C32H25ClN2O5. The van der Waals surface area contributed by atoms with E-state index in [-0.39, 0.29) is 10.7 Å². The third-order valence-corrected chi connectivity index (χ3v) is 6.52. The Kier molecular flexibility index (Phi) is 7.66. The molecule has 8 heteroatoms. The van der Waals surface area contributed by atoms with Crippen LogP contribution in [0, 0.1) is 13.8 Å². The first-order chi connectivity index (χ1) is 19.3. The second-order valence-electron chi connectivity index (χ2n) is 9.32. The number of nitrogens with one attached hydrogen (secondary N) is 1. The zero-order valence-electron chi connectivity index (χ0n) is 21.8. The number of carbonyl (C=O) groups is 3. The smallest absolute Gasteiger partial charge is 0.343 e. The molecule has 1 aliphatic heterocycles. The molecule has 1 N–H and O–H groups in total. The van der Waals surface area contributed by atoms with E-state index in [0.29, 0.717) is 35.0 Å². The van der Waals surface area contributed by atoms with Crippen LogP contribution in [0.25, 0.3) is 0 Å². The number of carbonyl (C=O) groups excluding carboxylic acids is 3. The highest BCUT2D eigenvalue weighted by Crippen LogP contribution is 2.31. The largest absolute Gasteiger partial charge is 0.489 e. The minimum Gasteiger partial charge on any atom is -0.489 e. The van der Waals surface area contributed by atoms with Crippen molar-refractivity contribution in [3.63, 3.8) is 0 Å². The molecular weight excluding hydrogens is 528 g/mol. The first kappa shape index (κ1) is 26.7. The van der Waals surface area contributed by atoms with Gasteiger partial charge in [0.05, 0.1) is 11.3 Å². The number of ether oxygens (including phenoxy) is 2. The highest BCUT2D eigenvalue weighted by atomic mass is 35.5. The molecule has 2 amide bonds. The lowest BCUT2D eigenvalue weighted by Gasteiger charge is -2.16. The van der Waals surface area contributed by atoms with E-state index in [1.165, 1.54) is 0 Å². The van der Waals surface area contributed by atoms with Gasteiger partial charge in [-0.05, 0) is 91.2 Å². The number of hydrogen-bond donors (Lipinski definition) is 1. The topological polar surface area (TPSA) is 84.9 Å². The van der Waals surface area contributed by atoms with Crippen LogP contribution < -0.4 is 19.7 Å². The molecule has 0 fully saturated rings. The Bertz CT molecular complexity index is 1590. The van der Waals surface area contributed by atoms with E-state index < -0.39 is 17.8 Å². The molecule has 200 valence electrons. The van der Waals surface area contributed by atoms with Crippen molar-refractivity contribution in [3.05, 3.63) is 130 Å². The van der Waals surface area contributed by atoms with E-state index in [9.17, 15) is 14.4 Å². The number of esters is 1. The van der Waals surface area contributed by atoms with Crippen molar-refractivity contribution in [2.45, 2.75) is 20.5 Å². The summed E-state index contributed by atoms with van der Waals surface area (Å²) >= 11 is 6.25. The number of aryl methyl sites for hydroxylation is 2. The molecule has 0 spiro atoms. The number of benzene rings is 4. The lowest BCUT2D eigenvalue weighted by molar-refractivity contribution is -0.120. The van der Waals surface area contributed by atoms with Crippen LogP contribution in [-0.4, -0.2) is 17.8 Å². The minimum absolute atomic E-state index is 0.0317. The van der Waals surface area contributed by atoms with E-state index in [2.05, 4.69) is 5.32 Å². The Morgan fingerprint density at radius 1 is 0.800 bits per heavy atom. The second-order valence-corrected chi connectivity index (χ2v) is 9.70. The molecule has 4 aromatic rings. The molecule has 5 rings (SSSR count). The van der Waals surface area contributed by atoms with Crippen LogP contribution in [0.1, 0.15) is 27.0 Å². The van der Waals surface area contributed by atoms with Crippen LogP contribution in [0.3, 0.4) is 0 Å². The van der Waals surface area contributed by atoms with E-state index in [4.69, 9.17) is 21.1 Å². The molecule has 1 aliphatic rings. The summed E-state index contributed by atoms with van der Waals surface area (Å²) in [6.45, 7) is 4.21. The van der Waals surface area contributed by atoms with Crippen LogP contribution in [-0.2, 0) is 16.2 Å². The summed E-state index contributed by atoms with van der Waals surface area (Å²) in [6.07, 6.45) is 0. The lowest BCUT2D eigenvalue weighted by atomic mass is 10.1. The quantitative estimate of drug-likeness (QED) is 0.152. The first-order valence-electron chi connectivity index (χ1n) is 12.5. The molecule has 0 saturated heterocycles. The van der Waals surface area contributed by atoms with Crippen molar-refractivity contribution in [3.8, 4) is 11.5 Å². The fraction of sp³-hybridized carbons (Fsp3) is 0.0938. The maximum Gasteiger partial charge on any atom is 0.343 e. The summed E-state index contributed by atoms with van der Waals surface area (Å²) < 4.78 is 11.2. The highest BCUT2D eigenvalue weighted by molar-refractivity contribution is 6.53. The Labute approximate surface area is 236 Å². The van der Waals surface area contributed by atoms with E-state index >= 15 is 0 Å². The number of nitrogens with zero attached hydrogens (tertiary/aromatic N) is 1. The van der Waals surface area contributed by atoms with Crippen molar-refractivity contribution >= 4 is 40.8 Å². The van der Waals surface area contributed by atoms with Crippen molar-refractivity contribution in [1.29, 1.82) is 0 Å². The molecule has 0 atom stereocenters. The monoisotopic (exact) mass is 552 g/mol. The van der Waals surface area contributed by atoms with Gasteiger partial charge in [-0.15, -0.1) is 0 Å². The van der Waals surface area contributed by atoms with Gasteiger partial charge in [0.15, 0.2) is 0 Å². The molecule has 0 unspecified atom stereocenters. The number of halogens is 1. The molecule has 0 radical (unpaired) electrons. The fourth-order valence-corrected chi connectivity index (χ4v) is 4.48. The molecule has 0 saturated carbocycles. The van der Waals surface area contributed by atoms with Crippen molar-refractivity contribution < 1.29 is 23.9 Å². The molecule has 7 nitrogen and oxygen atoms in total. The van der Waals surface area contributed by atoms with Crippen LogP contribution in [0.4, 0.5) is 11.4 Å². The van der Waals surface area contributed by atoms with Gasteiger partial charge in [-0.25, -0.2) is 9.69 Å². The summed E-state index contributed by atoms with van der Waals surface area (Å²) in [5.41, 5.74) is 4.10. The van der Waals surface area contributed by atoms with Gasteiger partial charge in [-0.3, -0.25) is 9.59 Å². The minimum atomic E-state index is -0.601. The average Bonchev–Trinajstić information content (AvgIpc) is 3.16. The zero-order chi connectivity index (χ0) is 28.2. The maximum absolute atomic E-state index is 13.1. The molecule has 0 bridgehead atoms. The highest BCUT2D eigenvalue weighted by Gasteiger charge is 2.39. The fourth-order valence-electron chi connectivity index (χ4n) is 4.27. The van der Waals surface area contributed by atoms with Gasteiger partial charge in [0.2, 0.25) is 0 Å². The lowest BCUT2D eigenvalue weighted by Crippen LogP contribution is -2.32. The first-order valence-corrected chi connectivity index (χ1v) is 12.9. The molecule has 1 heterocycles. The van der Waals surface area contributed by atoms with Gasteiger partial charge in [0.1, 0.15) is 28.8 Å². The molecule has 0 aromatic heterocycles. The van der Waals surface area contributed by atoms with Crippen LogP contribution >= 0.6 is 11.6 Å². The van der Waals surface area contributed by atoms with Crippen molar-refractivity contribution in [2.24, 2.45) is 0 Å². The van der Waals surface area contributed by atoms with Gasteiger partial charge in [0.25, 0.3) is 11.8 Å². The zero-order valence-corrected chi connectivity index (χ0v) is 22.6. The van der Waals surface area contributed by atoms with Gasteiger partial charge in [-0.1, -0.05) is 48.0 Å². The van der Waals surface area contributed by atoms with Gasteiger partial charge < -0.3 is 14.8 Å². The average molecular weight is 553 g/mol. The Balaban J connectivity index is 1.20. The van der Waals surface area contributed by atoms with Crippen LogP contribution in [0.15, 0.2) is 108 Å². The predicted molar refractivity (Wildman–Crippen MR) is 154 cm³/mol. The second kappa shape index (κ2) is 11.5. The van der Waals surface area contributed by atoms with E-state index in [1.54, 1.807) is 60.7 Å². The number of anilines is 2. The third kappa shape index (κ3) is 5.90. The Morgan fingerprint density at radius 2 is 1.43 bits per heavy atom. The van der Waals surface area contributed by atoms with Crippen molar-refractivity contribution in [1.82, 2.24) is 0 Å². The number of hydrogen-bond acceptors (Lipinski definition) is 6. The summed E-state index contributed by atoms with van der Waals surface area (Å²) in [5, 5.41) is 2.71. The summed E-state index contributed by atoms with van der Waals surface area (Å²) in [7, 11) is 0. The number of amides is 2. The standard InChI is InChI=1S/C32H25ClN2O5/c1-20-16-21(2)18-25(17-20)35-30(36)28(33)29(31(35)37)34-24-10-8-23(9-11-24)32(38)40-27-14-12-26(13-15-27)39-19-22-6-4-3-5-7-22/h3-18,34H,19H2,1-2H3. The van der Waals surface area contributed by atoms with Gasteiger partial charge >= 0.3 is 5.97 Å². The van der Waals surface area contributed by atoms with E-state index in [1.807, 2.05) is 50.2 Å². The Morgan fingerprint density at radius 3 is 2.08 bits per heavy atom. The summed E-state index contributed by atoms with van der Waals surface area (Å²) in [6, 6.07) is 28.4. The van der Waals surface area contributed by atoms with Crippen molar-refractivity contribution in [2.75, 3.05) is 10.2 Å².